The second kappa shape index (κ2) is 7.13. The molecule has 2 rings (SSSR count). The Bertz CT molecular complexity index is 579. The zero-order valence-electron chi connectivity index (χ0n) is 12.9. The van der Waals surface area contributed by atoms with Crippen LogP contribution in [-0.4, -0.2) is 29.5 Å². The molecule has 1 aromatic carbocycles. The summed E-state index contributed by atoms with van der Waals surface area (Å²) in [6.07, 6.45) is 3.38. The molecule has 2 aromatic rings. The van der Waals surface area contributed by atoms with Gasteiger partial charge in [-0.25, -0.2) is 0 Å². The first-order valence-corrected chi connectivity index (χ1v) is 7.12. The van der Waals surface area contributed by atoms with Gasteiger partial charge < -0.3 is 15.2 Å². The predicted octanol–water partition coefficient (Wildman–Crippen LogP) is 1.94. The van der Waals surface area contributed by atoms with Crippen molar-refractivity contribution in [2.24, 2.45) is 12.8 Å². The largest absolute Gasteiger partial charge is 0.497 e. The molecule has 114 valence electrons. The molecule has 0 radical (unpaired) electrons. The van der Waals surface area contributed by atoms with E-state index >= 15 is 0 Å². The minimum absolute atomic E-state index is 0.0801. The second-order valence-electron chi connectivity index (χ2n) is 5.20. The Morgan fingerprint density at radius 1 is 1.33 bits per heavy atom. The molecule has 0 aliphatic rings. The van der Waals surface area contributed by atoms with Crippen LogP contribution < -0.4 is 15.2 Å². The molecule has 0 saturated carbocycles. The van der Waals surface area contributed by atoms with Crippen LogP contribution in [0.5, 0.6) is 11.5 Å². The molecule has 5 heteroatoms. The molecule has 0 bridgehead atoms. The van der Waals surface area contributed by atoms with Crippen LogP contribution in [0.1, 0.15) is 18.2 Å². The Morgan fingerprint density at radius 3 is 2.76 bits per heavy atom. The van der Waals surface area contributed by atoms with Crippen LogP contribution in [0.3, 0.4) is 0 Å². The Hall–Kier alpha value is -2.01. The van der Waals surface area contributed by atoms with Gasteiger partial charge in [-0.05, 0) is 43.2 Å². The lowest BCUT2D eigenvalue weighted by Crippen LogP contribution is -2.18. The quantitative estimate of drug-likeness (QED) is 0.846. The maximum atomic E-state index is 5.91. The average molecular weight is 289 g/mol. The first-order chi connectivity index (χ1) is 10.1. The normalized spacial score (nSPS) is 12.2. The lowest BCUT2D eigenvalue weighted by Gasteiger charge is -2.14. The molecule has 1 heterocycles. The van der Waals surface area contributed by atoms with Crippen molar-refractivity contribution < 1.29 is 9.47 Å². The van der Waals surface area contributed by atoms with Crippen LogP contribution in [0.2, 0.25) is 0 Å². The van der Waals surface area contributed by atoms with E-state index in [-0.39, 0.29) is 6.04 Å². The van der Waals surface area contributed by atoms with Gasteiger partial charge in [0.15, 0.2) is 0 Å². The number of aryl methyl sites for hydroxylation is 1. The highest BCUT2D eigenvalue weighted by molar-refractivity contribution is 5.40. The summed E-state index contributed by atoms with van der Waals surface area (Å²) in [6, 6.07) is 7.92. The molecule has 21 heavy (non-hydrogen) atoms. The van der Waals surface area contributed by atoms with E-state index in [1.165, 1.54) is 0 Å². The van der Waals surface area contributed by atoms with E-state index in [2.05, 4.69) is 5.10 Å². The van der Waals surface area contributed by atoms with E-state index in [1.54, 1.807) is 13.3 Å². The fourth-order valence-electron chi connectivity index (χ4n) is 2.24. The smallest absolute Gasteiger partial charge is 0.122 e. The molecule has 0 spiro atoms. The van der Waals surface area contributed by atoms with Gasteiger partial charge in [0.05, 0.1) is 13.7 Å². The van der Waals surface area contributed by atoms with Crippen LogP contribution >= 0.6 is 0 Å². The number of benzene rings is 1. The van der Waals surface area contributed by atoms with E-state index in [0.717, 1.165) is 35.6 Å². The third kappa shape index (κ3) is 4.23. The number of hydrogen-bond donors (Lipinski definition) is 1. The summed E-state index contributed by atoms with van der Waals surface area (Å²) < 4.78 is 13.0. The lowest BCUT2D eigenvalue weighted by molar-refractivity contribution is 0.313. The van der Waals surface area contributed by atoms with Crippen molar-refractivity contribution in [3.8, 4) is 11.5 Å². The number of nitrogens with two attached hydrogens (primary N) is 1. The van der Waals surface area contributed by atoms with Crippen LogP contribution in [-0.2, 0) is 19.9 Å². The van der Waals surface area contributed by atoms with Gasteiger partial charge in [0.1, 0.15) is 11.5 Å². The van der Waals surface area contributed by atoms with E-state index in [1.807, 2.05) is 42.9 Å². The molecule has 0 amide bonds. The summed E-state index contributed by atoms with van der Waals surface area (Å²) in [4.78, 5) is 0. The lowest BCUT2D eigenvalue weighted by atomic mass is 10.1. The molecule has 2 N–H and O–H groups in total. The number of rotatable bonds is 7. The van der Waals surface area contributed by atoms with Gasteiger partial charge in [-0.1, -0.05) is 0 Å². The minimum atomic E-state index is 0.0801. The molecule has 1 atom stereocenters. The van der Waals surface area contributed by atoms with Gasteiger partial charge >= 0.3 is 0 Å². The van der Waals surface area contributed by atoms with Crippen molar-refractivity contribution in [1.29, 1.82) is 0 Å². The van der Waals surface area contributed by atoms with Gasteiger partial charge in [-0.15, -0.1) is 0 Å². The molecule has 0 saturated heterocycles. The molecule has 1 unspecified atom stereocenters. The molecule has 0 aliphatic heterocycles. The van der Waals surface area contributed by atoms with Crippen LogP contribution in [0.4, 0.5) is 0 Å². The SMILES string of the molecule is COc1ccc(OCCc2ccnn2C)c(CC(C)N)c1. The average Bonchev–Trinajstić information content (AvgIpc) is 2.85. The van der Waals surface area contributed by atoms with Crippen molar-refractivity contribution in [2.45, 2.75) is 25.8 Å². The first kappa shape index (κ1) is 15.4. The van der Waals surface area contributed by atoms with Gasteiger partial charge in [0.25, 0.3) is 0 Å². The molecule has 5 nitrogen and oxygen atoms in total. The fourth-order valence-corrected chi connectivity index (χ4v) is 2.24. The van der Waals surface area contributed by atoms with Crippen molar-refractivity contribution in [2.75, 3.05) is 13.7 Å². The summed E-state index contributed by atoms with van der Waals surface area (Å²) in [5.41, 5.74) is 8.13. The number of nitrogens with zero attached hydrogens (tertiary/aromatic N) is 2. The summed E-state index contributed by atoms with van der Waals surface area (Å²) in [5, 5.41) is 4.15. The highest BCUT2D eigenvalue weighted by Crippen LogP contribution is 2.25. The van der Waals surface area contributed by atoms with Crippen LogP contribution in [0.15, 0.2) is 30.5 Å². The van der Waals surface area contributed by atoms with Gasteiger partial charge in [0, 0.05) is 31.4 Å². The molecular weight excluding hydrogens is 266 g/mol. The van der Waals surface area contributed by atoms with Crippen molar-refractivity contribution >= 4 is 0 Å². The maximum absolute atomic E-state index is 5.91. The maximum Gasteiger partial charge on any atom is 0.122 e. The summed E-state index contributed by atoms with van der Waals surface area (Å²) in [7, 11) is 3.60. The van der Waals surface area contributed by atoms with Crippen molar-refractivity contribution in [3.05, 3.63) is 41.7 Å². The molecule has 1 aromatic heterocycles. The van der Waals surface area contributed by atoms with E-state index in [4.69, 9.17) is 15.2 Å². The Balaban J connectivity index is 2.02. The van der Waals surface area contributed by atoms with E-state index in [9.17, 15) is 0 Å². The monoisotopic (exact) mass is 289 g/mol. The summed E-state index contributed by atoms with van der Waals surface area (Å²) in [6.45, 7) is 2.59. The number of aromatic nitrogens is 2. The highest BCUT2D eigenvalue weighted by Gasteiger charge is 2.09. The third-order valence-electron chi connectivity index (χ3n) is 3.35. The Labute approximate surface area is 125 Å². The first-order valence-electron chi connectivity index (χ1n) is 7.12. The standard InChI is InChI=1S/C16H23N3O2/c1-12(17)10-13-11-15(20-3)4-5-16(13)21-9-7-14-6-8-18-19(14)2/h4-6,8,11-12H,7,9-10,17H2,1-3H3. The van der Waals surface area contributed by atoms with Gasteiger partial charge in [-0.3, -0.25) is 4.68 Å². The number of ether oxygens (including phenoxy) is 2. The zero-order valence-corrected chi connectivity index (χ0v) is 12.9. The highest BCUT2D eigenvalue weighted by atomic mass is 16.5. The number of hydrogen-bond acceptors (Lipinski definition) is 4. The van der Waals surface area contributed by atoms with Gasteiger partial charge in [0.2, 0.25) is 0 Å². The Kier molecular flexibility index (Phi) is 5.22. The van der Waals surface area contributed by atoms with Crippen LogP contribution in [0, 0.1) is 0 Å². The molecular formula is C16H23N3O2. The third-order valence-corrected chi connectivity index (χ3v) is 3.35. The topological polar surface area (TPSA) is 62.3 Å². The Morgan fingerprint density at radius 2 is 2.14 bits per heavy atom. The molecule has 0 aliphatic carbocycles. The van der Waals surface area contributed by atoms with Crippen molar-refractivity contribution in [3.63, 3.8) is 0 Å². The number of methoxy groups -OCH3 is 1. The van der Waals surface area contributed by atoms with E-state index < -0.39 is 0 Å². The zero-order chi connectivity index (χ0) is 15.2. The predicted molar refractivity (Wildman–Crippen MR) is 82.8 cm³/mol. The molecule has 0 fully saturated rings. The fraction of sp³-hybridized carbons (Fsp3) is 0.438. The summed E-state index contributed by atoms with van der Waals surface area (Å²) >= 11 is 0. The van der Waals surface area contributed by atoms with Gasteiger partial charge in [-0.2, -0.15) is 5.10 Å². The van der Waals surface area contributed by atoms with Crippen LogP contribution in [0.25, 0.3) is 0 Å². The summed E-state index contributed by atoms with van der Waals surface area (Å²) in [5.74, 6) is 1.69. The minimum Gasteiger partial charge on any atom is -0.497 e. The van der Waals surface area contributed by atoms with Crippen molar-refractivity contribution in [1.82, 2.24) is 9.78 Å². The van der Waals surface area contributed by atoms with E-state index in [0.29, 0.717) is 6.61 Å². The second-order valence-corrected chi connectivity index (χ2v) is 5.20.